The van der Waals surface area contributed by atoms with Crippen LogP contribution in [0.25, 0.3) is 0 Å². The largest absolute Gasteiger partial charge is 0.384 e. The Morgan fingerprint density at radius 1 is 1.22 bits per heavy atom. The van der Waals surface area contributed by atoms with Crippen molar-refractivity contribution in [1.29, 1.82) is 0 Å². The molecule has 106 valence electrons. The Hall–Kier alpha value is -0.170. The van der Waals surface area contributed by atoms with E-state index in [1.54, 1.807) is 4.31 Å². The molecule has 5 nitrogen and oxygen atoms in total. The van der Waals surface area contributed by atoms with Crippen molar-refractivity contribution in [3.05, 3.63) is 0 Å². The van der Waals surface area contributed by atoms with Crippen molar-refractivity contribution in [2.45, 2.75) is 31.7 Å². The summed E-state index contributed by atoms with van der Waals surface area (Å²) in [7, 11) is -1.57. The highest BCUT2D eigenvalue weighted by Gasteiger charge is 2.28. The molecule has 0 unspecified atom stereocenters. The molecule has 2 rings (SSSR count). The Bertz CT molecular complexity index is 346. The van der Waals surface area contributed by atoms with Crippen molar-refractivity contribution in [3.63, 3.8) is 0 Å². The minimum atomic E-state index is -3.10. The van der Waals surface area contributed by atoms with Gasteiger partial charge in [-0.3, -0.25) is 0 Å². The Kier molecular flexibility index (Phi) is 5.00. The van der Waals surface area contributed by atoms with E-state index in [1.165, 1.54) is 20.0 Å². The van der Waals surface area contributed by atoms with Crippen molar-refractivity contribution >= 4 is 10.0 Å². The van der Waals surface area contributed by atoms with Crippen LogP contribution in [-0.2, 0) is 14.8 Å². The van der Waals surface area contributed by atoms with Gasteiger partial charge in [-0.1, -0.05) is 0 Å². The Morgan fingerprint density at radius 3 is 2.44 bits per heavy atom. The first-order chi connectivity index (χ1) is 8.62. The molecule has 0 spiro atoms. The highest BCUT2D eigenvalue weighted by Crippen LogP contribution is 2.22. The average Bonchev–Trinajstić information content (AvgIpc) is 3.18. The summed E-state index contributed by atoms with van der Waals surface area (Å²) in [6.45, 7) is 2.67. The van der Waals surface area contributed by atoms with Gasteiger partial charge < -0.3 is 10.1 Å². The van der Waals surface area contributed by atoms with E-state index in [0.717, 1.165) is 25.4 Å². The summed E-state index contributed by atoms with van der Waals surface area (Å²) < 4.78 is 30.4. The predicted octanol–water partition coefficient (Wildman–Crippen LogP) is 0.427. The van der Waals surface area contributed by atoms with E-state index in [1.807, 2.05) is 0 Å². The number of ether oxygens (including phenoxy) is 1. The van der Waals surface area contributed by atoms with Crippen LogP contribution < -0.4 is 5.32 Å². The van der Waals surface area contributed by atoms with Gasteiger partial charge in [0.05, 0.1) is 12.4 Å². The number of rotatable bonds is 7. The van der Waals surface area contributed by atoms with Gasteiger partial charge in [-0.2, -0.15) is 0 Å². The lowest BCUT2D eigenvalue weighted by atomic mass is 9.98. The summed E-state index contributed by atoms with van der Waals surface area (Å²) in [5, 5.41) is 3.53. The van der Waals surface area contributed by atoms with Gasteiger partial charge in [-0.15, -0.1) is 0 Å². The van der Waals surface area contributed by atoms with Crippen molar-refractivity contribution in [1.82, 2.24) is 9.62 Å². The van der Waals surface area contributed by atoms with Gasteiger partial charge in [-0.25, -0.2) is 12.7 Å². The number of sulfonamides is 1. The average molecular weight is 276 g/mol. The topological polar surface area (TPSA) is 58.6 Å². The normalized spacial score (nSPS) is 23.4. The van der Waals surface area contributed by atoms with E-state index in [-0.39, 0.29) is 12.4 Å². The zero-order valence-electron chi connectivity index (χ0n) is 11.1. The fourth-order valence-electron chi connectivity index (χ4n) is 2.33. The van der Waals surface area contributed by atoms with Gasteiger partial charge in [0.1, 0.15) is 0 Å². The molecule has 0 bridgehead atoms. The van der Waals surface area contributed by atoms with Crippen LogP contribution >= 0.6 is 0 Å². The smallest absolute Gasteiger partial charge is 0.216 e. The summed E-state index contributed by atoms with van der Waals surface area (Å²) in [5.74, 6) is 0.744. The van der Waals surface area contributed by atoms with E-state index in [4.69, 9.17) is 4.74 Å². The van der Waals surface area contributed by atoms with Crippen LogP contribution in [0.4, 0.5) is 0 Å². The van der Waals surface area contributed by atoms with Crippen molar-refractivity contribution in [3.8, 4) is 0 Å². The highest BCUT2D eigenvalue weighted by molar-refractivity contribution is 7.89. The molecule has 0 aromatic heterocycles. The van der Waals surface area contributed by atoms with Crippen LogP contribution in [-0.4, -0.2) is 57.9 Å². The second-order valence-electron chi connectivity index (χ2n) is 5.33. The molecule has 1 aliphatic carbocycles. The fraction of sp³-hybridized carbons (Fsp3) is 1.00. The van der Waals surface area contributed by atoms with Crippen LogP contribution in [0.3, 0.4) is 0 Å². The van der Waals surface area contributed by atoms with Gasteiger partial charge in [-0.05, 0) is 38.1 Å². The number of hydrogen-bond acceptors (Lipinski definition) is 4. The monoisotopic (exact) mass is 276 g/mol. The lowest BCUT2D eigenvalue weighted by Gasteiger charge is -2.31. The van der Waals surface area contributed by atoms with Gasteiger partial charge in [0, 0.05) is 26.2 Å². The quantitative estimate of drug-likeness (QED) is 0.732. The Labute approximate surface area is 110 Å². The zero-order chi connectivity index (χ0) is 13.0. The first kappa shape index (κ1) is 14.2. The third kappa shape index (κ3) is 4.19. The van der Waals surface area contributed by atoms with Crippen molar-refractivity contribution in [2.75, 3.05) is 39.1 Å². The van der Waals surface area contributed by atoms with Crippen LogP contribution in [0.15, 0.2) is 0 Å². The Balaban J connectivity index is 1.71. The van der Waals surface area contributed by atoms with Gasteiger partial charge in [0.2, 0.25) is 10.0 Å². The Morgan fingerprint density at radius 2 is 1.89 bits per heavy atom. The molecule has 6 heteroatoms. The van der Waals surface area contributed by atoms with Gasteiger partial charge in [0.25, 0.3) is 0 Å². The first-order valence-electron chi connectivity index (χ1n) is 6.82. The molecule has 2 aliphatic rings. The minimum absolute atomic E-state index is 0.106. The summed E-state index contributed by atoms with van der Waals surface area (Å²) in [6.07, 6.45) is 4.58. The van der Waals surface area contributed by atoms with Crippen LogP contribution in [0.2, 0.25) is 0 Å². The molecule has 0 radical (unpaired) electrons. The second kappa shape index (κ2) is 6.32. The fourth-order valence-corrected chi connectivity index (χ4v) is 3.73. The standard InChI is InChI=1S/C12H24N2O3S/c1-17-8-9-18(15,16)14-6-4-11(5-7-14)10-13-12-2-3-12/h11-13H,2-10H2,1H3. The van der Waals surface area contributed by atoms with Gasteiger partial charge in [0.15, 0.2) is 0 Å². The lowest BCUT2D eigenvalue weighted by molar-refractivity contribution is 0.213. The molecule has 1 heterocycles. The summed E-state index contributed by atoms with van der Waals surface area (Å²) >= 11 is 0. The third-order valence-electron chi connectivity index (χ3n) is 3.78. The number of methoxy groups -OCH3 is 1. The molecule has 0 amide bonds. The molecule has 1 saturated heterocycles. The van der Waals surface area contributed by atoms with Crippen LogP contribution in [0, 0.1) is 5.92 Å². The maximum absolute atomic E-state index is 12.0. The molecule has 0 aromatic carbocycles. The number of nitrogens with zero attached hydrogens (tertiary/aromatic N) is 1. The van der Waals surface area contributed by atoms with E-state index < -0.39 is 10.0 Å². The molecule has 0 aromatic rings. The number of hydrogen-bond donors (Lipinski definition) is 1. The SMILES string of the molecule is COCCS(=O)(=O)N1CCC(CNC2CC2)CC1. The molecule has 1 aliphatic heterocycles. The molecule has 0 atom stereocenters. The number of piperidine rings is 1. The first-order valence-corrected chi connectivity index (χ1v) is 8.43. The summed E-state index contributed by atoms with van der Waals surface area (Å²) in [4.78, 5) is 0. The van der Waals surface area contributed by atoms with Crippen LogP contribution in [0.1, 0.15) is 25.7 Å². The predicted molar refractivity (Wildman–Crippen MR) is 71.0 cm³/mol. The molecule has 1 N–H and O–H groups in total. The minimum Gasteiger partial charge on any atom is -0.384 e. The second-order valence-corrected chi connectivity index (χ2v) is 7.42. The van der Waals surface area contributed by atoms with Crippen molar-refractivity contribution < 1.29 is 13.2 Å². The van der Waals surface area contributed by atoms with E-state index in [2.05, 4.69) is 5.32 Å². The summed E-state index contributed by atoms with van der Waals surface area (Å²) in [6, 6.07) is 0.744. The maximum Gasteiger partial charge on any atom is 0.216 e. The zero-order valence-corrected chi connectivity index (χ0v) is 11.9. The van der Waals surface area contributed by atoms with E-state index in [9.17, 15) is 8.42 Å². The number of nitrogens with one attached hydrogen (secondary N) is 1. The van der Waals surface area contributed by atoms with E-state index in [0.29, 0.717) is 19.0 Å². The van der Waals surface area contributed by atoms with E-state index >= 15 is 0 Å². The molecule has 1 saturated carbocycles. The van der Waals surface area contributed by atoms with Crippen LogP contribution in [0.5, 0.6) is 0 Å². The van der Waals surface area contributed by atoms with Gasteiger partial charge >= 0.3 is 0 Å². The summed E-state index contributed by atoms with van der Waals surface area (Å²) in [5.41, 5.74) is 0. The molecule has 18 heavy (non-hydrogen) atoms. The lowest BCUT2D eigenvalue weighted by Crippen LogP contribution is -2.42. The third-order valence-corrected chi connectivity index (χ3v) is 5.62. The highest BCUT2D eigenvalue weighted by atomic mass is 32.2. The molecule has 2 fully saturated rings. The molecular formula is C12H24N2O3S. The molecular weight excluding hydrogens is 252 g/mol. The maximum atomic E-state index is 12.0. The van der Waals surface area contributed by atoms with Crippen molar-refractivity contribution in [2.24, 2.45) is 5.92 Å².